The van der Waals surface area contributed by atoms with E-state index in [2.05, 4.69) is 49.0 Å². The number of halogens is 2. The summed E-state index contributed by atoms with van der Waals surface area (Å²) in [7, 11) is 4.05. The number of ether oxygens (including phenoxy) is 1. The minimum absolute atomic E-state index is 0.264. The Bertz CT molecular complexity index is 1380. The molecule has 0 saturated carbocycles. The Hall–Kier alpha value is -2.22. The average molecular weight is 472 g/mol. The van der Waals surface area contributed by atoms with Crippen LogP contribution in [0.2, 0.25) is 0 Å². The third-order valence-corrected chi connectivity index (χ3v) is 6.15. The average Bonchev–Trinajstić information content (AvgIpc) is 3.25. The Balaban J connectivity index is 1.85. The fourth-order valence-electron chi connectivity index (χ4n) is 3.83. The van der Waals surface area contributed by atoms with Crippen molar-refractivity contribution < 1.29 is 8.62 Å². The van der Waals surface area contributed by atoms with Crippen molar-refractivity contribution >= 4 is 71.7 Å². The van der Waals surface area contributed by atoms with Crippen LogP contribution in [0.3, 0.4) is 0 Å². The Morgan fingerprint density at radius 1 is 0.931 bits per heavy atom. The van der Waals surface area contributed by atoms with Gasteiger partial charge < -0.3 is 19.6 Å². The van der Waals surface area contributed by atoms with E-state index in [1.165, 1.54) is 0 Å². The van der Waals surface area contributed by atoms with Crippen LogP contribution in [0.4, 0.5) is 3.89 Å². The molecule has 5 aromatic rings. The van der Waals surface area contributed by atoms with Crippen molar-refractivity contribution in [2.45, 2.75) is 4.90 Å². The molecule has 0 aliphatic heterocycles. The lowest BCUT2D eigenvalue weighted by molar-refractivity contribution is 0.265. The predicted molar refractivity (Wildman–Crippen MR) is 124 cm³/mol. The lowest BCUT2D eigenvalue weighted by Gasteiger charge is -2.12. The molecule has 0 bridgehead atoms. The highest BCUT2D eigenvalue weighted by atomic mass is 79.9. The molecule has 0 aliphatic carbocycles. The molecule has 3 aromatic carbocycles. The van der Waals surface area contributed by atoms with Crippen molar-refractivity contribution in [3.05, 3.63) is 46.9 Å². The number of aromatic amines is 2. The molecule has 0 radical (unpaired) electrons. The molecular weight excluding hydrogens is 453 g/mol. The van der Waals surface area contributed by atoms with E-state index in [0.29, 0.717) is 11.5 Å². The molecule has 2 N–H and O–H groups in total. The standard InChI is InChI=1S/C22H19BrFN3OS/c1-27(2)7-8-28-22-20-16(14-9-12(23)3-5-18(14)25-20)11-17-15-10-13(29-24)4-6-19(15)26-21(17)22/h3-6,9-11,25-26H,7-8H2,1-2H3. The van der Waals surface area contributed by atoms with Crippen LogP contribution in [0, 0.1) is 0 Å². The Labute approximate surface area is 179 Å². The monoisotopic (exact) mass is 471 g/mol. The highest BCUT2D eigenvalue weighted by Gasteiger charge is 2.18. The Morgan fingerprint density at radius 3 is 2.24 bits per heavy atom. The van der Waals surface area contributed by atoms with Crippen LogP contribution in [0.15, 0.2) is 51.8 Å². The molecule has 0 amide bonds. The van der Waals surface area contributed by atoms with Crippen molar-refractivity contribution in [1.29, 1.82) is 0 Å². The van der Waals surface area contributed by atoms with Gasteiger partial charge in [-0.05, 0) is 56.6 Å². The van der Waals surface area contributed by atoms with Crippen LogP contribution >= 0.6 is 28.1 Å². The normalized spacial score (nSPS) is 12.2. The topological polar surface area (TPSA) is 44.0 Å². The van der Waals surface area contributed by atoms with Crippen LogP contribution in [-0.4, -0.2) is 42.1 Å². The van der Waals surface area contributed by atoms with Crippen LogP contribution in [0.5, 0.6) is 5.75 Å². The molecule has 2 aromatic heterocycles. The molecule has 148 valence electrons. The maximum absolute atomic E-state index is 13.2. The minimum atomic E-state index is 0.264. The molecule has 0 atom stereocenters. The van der Waals surface area contributed by atoms with Crippen LogP contribution in [-0.2, 0) is 0 Å². The van der Waals surface area contributed by atoms with Gasteiger partial charge in [0.05, 0.1) is 23.2 Å². The zero-order valence-corrected chi connectivity index (χ0v) is 18.4. The van der Waals surface area contributed by atoms with Gasteiger partial charge >= 0.3 is 0 Å². The van der Waals surface area contributed by atoms with Crippen molar-refractivity contribution in [3.63, 3.8) is 0 Å². The number of nitrogens with one attached hydrogen (secondary N) is 2. The van der Waals surface area contributed by atoms with Gasteiger partial charge in [-0.2, -0.15) is 3.89 Å². The summed E-state index contributed by atoms with van der Waals surface area (Å²) < 4.78 is 20.5. The van der Waals surface area contributed by atoms with Gasteiger partial charge in [0.2, 0.25) is 0 Å². The molecule has 0 saturated heterocycles. The second kappa shape index (κ2) is 7.23. The van der Waals surface area contributed by atoms with Crippen LogP contribution in [0.25, 0.3) is 43.6 Å². The van der Waals surface area contributed by atoms with Gasteiger partial charge in [-0.1, -0.05) is 15.9 Å². The molecule has 0 spiro atoms. The third kappa shape index (κ3) is 3.17. The summed E-state index contributed by atoms with van der Waals surface area (Å²) >= 11 is 3.84. The molecule has 0 aliphatic rings. The number of nitrogens with zero attached hydrogens (tertiary/aromatic N) is 1. The zero-order valence-electron chi connectivity index (χ0n) is 16.0. The molecule has 29 heavy (non-hydrogen) atoms. The van der Waals surface area contributed by atoms with E-state index in [1.54, 1.807) is 6.07 Å². The maximum Gasteiger partial charge on any atom is 0.167 e. The van der Waals surface area contributed by atoms with Gasteiger partial charge in [-0.3, -0.25) is 0 Å². The van der Waals surface area contributed by atoms with E-state index in [9.17, 15) is 3.89 Å². The SMILES string of the molecule is CN(C)CCOc1c2[nH]c3ccc(Br)cc3c2cc2c1[nH]c1ccc(SF)cc12. The summed E-state index contributed by atoms with van der Waals surface area (Å²) in [6.45, 7) is 1.38. The van der Waals surface area contributed by atoms with Crippen molar-refractivity contribution in [2.75, 3.05) is 27.2 Å². The van der Waals surface area contributed by atoms with E-state index >= 15 is 0 Å². The third-order valence-electron chi connectivity index (χ3n) is 5.23. The number of H-pyrrole nitrogens is 2. The second-order valence-corrected chi connectivity index (χ2v) is 8.97. The lowest BCUT2D eigenvalue weighted by Crippen LogP contribution is -2.19. The first-order chi connectivity index (χ1) is 14.0. The largest absolute Gasteiger partial charge is 0.488 e. The minimum Gasteiger partial charge on any atom is -0.488 e. The summed E-state index contributed by atoms with van der Waals surface area (Å²) in [6.07, 6.45) is 0. The van der Waals surface area contributed by atoms with Gasteiger partial charge in [-0.25, -0.2) is 0 Å². The van der Waals surface area contributed by atoms with Gasteiger partial charge in [0, 0.05) is 48.5 Å². The Morgan fingerprint density at radius 2 is 1.59 bits per heavy atom. The van der Waals surface area contributed by atoms with E-state index in [-0.39, 0.29) is 12.1 Å². The fraction of sp³-hybridized carbons (Fsp3) is 0.182. The summed E-state index contributed by atoms with van der Waals surface area (Å²) in [5, 5.41) is 4.24. The van der Waals surface area contributed by atoms with E-state index in [4.69, 9.17) is 4.74 Å². The smallest absolute Gasteiger partial charge is 0.167 e. The number of aromatic nitrogens is 2. The Kier molecular flexibility index (Phi) is 4.69. The number of fused-ring (bicyclic) bond motifs is 6. The van der Waals surface area contributed by atoms with E-state index < -0.39 is 0 Å². The maximum atomic E-state index is 13.2. The van der Waals surface area contributed by atoms with Gasteiger partial charge in [0.15, 0.2) is 5.75 Å². The molecule has 5 rings (SSSR count). The molecule has 7 heteroatoms. The van der Waals surface area contributed by atoms with E-state index in [1.807, 2.05) is 32.3 Å². The number of hydrogen-bond donors (Lipinski definition) is 2. The first-order valence-corrected chi connectivity index (χ1v) is 10.8. The van der Waals surface area contributed by atoms with Crippen LogP contribution in [0.1, 0.15) is 0 Å². The second-order valence-electron chi connectivity index (χ2n) is 7.43. The quantitative estimate of drug-likeness (QED) is 0.302. The van der Waals surface area contributed by atoms with Crippen molar-refractivity contribution in [3.8, 4) is 5.75 Å². The molecular formula is C22H19BrFN3OS. The molecule has 4 nitrogen and oxygen atoms in total. The first-order valence-electron chi connectivity index (χ1n) is 9.30. The highest BCUT2D eigenvalue weighted by molar-refractivity contribution is 9.10. The van der Waals surface area contributed by atoms with Gasteiger partial charge in [0.1, 0.15) is 6.61 Å². The summed E-state index contributed by atoms with van der Waals surface area (Å²) in [5.74, 6) is 0.803. The lowest BCUT2D eigenvalue weighted by atomic mass is 10.1. The van der Waals surface area contributed by atoms with Crippen LogP contribution < -0.4 is 4.74 Å². The summed E-state index contributed by atoms with van der Waals surface area (Å²) in [5.41, 5.74) is 3.92. The zero-order chi connectivity index (χ0) is 20.1. The molecule has 0 unspecified atom stereocenters. The molecule has 0 fully saturated rings. The highest BCUT2D eigenvalue weighted by Crippen LogP contribution is 2.42. The van der Waals surface area contributed by atoms with Gasteiger partial charge in [-0.15, -0.1) is 0 Å². The number of likely N-dealkylation sites (N-methyl/N-ethyl adjacent to an activating group) is 1. The van der Waals surface area contributed by atoms with E-state index in [0.717, 1.165) is 60.4 Å². The fourth-order valence-corrected chi connectivity index (χ4v) is 4.47. The van der Waals surface area contributed by atoms with Gasteiger partial charge in [0.25, 0.3) is 0 Å². The number of benzene rings is 3. The van der Waals surface area contributed by atoms with Crippen molar-refractivity contribution in [1.82, 2.24) is 14.9 Å². The molecule has 2 heterocycles. The number of hydrogen-bond acceptors (Lipinski definition) is 3. The summed E-state index contributed by atoms with van der Waals surface area (Å²) in [6, 6.07) is 14.0. The first kappa shape index (κ1) is 18.8. The number of rotatable bonds is 5. The summed E-state index contributed by atoms with van der Waals surface area (Å²) in [4.78, 5) is 9.70. The van der Waals surface area contributed by atoms with Crippen molar-refractivity contribution in [2.24, 2.45) is 0 Å². The predicted octanol–water partition coefficient (Wildman–Crippen LogP) is 6.64.